The van der Waals surface area contributed by atoms with Crippen molar-refractivity contribution in [1.82, 2.24) is 15.5 Å². The Morgan fingerprint density at radius 1 is 1.38 bits per heavy atom. The van der Waals surface area contributed by atoms with Crippen LogP contribution in [0.1, 0.15) is 38.3 Å². The lowest BCUT2D eigenvalue weighted by Crippen LogP contribution is -2.56. The fraction of sp³-hybridized carbons (Fsp3) is 0.529. The average molecular weight is 335 g/mol. The van der Waals surface area contributed by atoms with Crippen molar-refractivity contribution >= 4 is 12.0 Å². The van der Waals surface area contributed by atoms with Crippen molar-refractivity contribution in [3.8, 4) is 5.75 Å². The SMILES string of the molecule is CCN(CC(=O)O)C1CC(NC(=O)N[C@H](C)c2cccc(O)c2)C1. The number of nitrogens with zero attached hydrogens (tertiary/aromatic N) is 1. The lowest BCUT2D eigenvalue weighted by Gasteiger charge is -2.42. The Labute approximate surface area is 141 Å². The van der Waals surface area contributed by atoms with E-state index in [0.717, 1.165) is 18.4 Å². The second-order valence-electron chi connectivity index (χ2n) is 6.21. The molecule has 1 atom stereocenters. The van der Waals surface area contributed by atoms with Gasteiger partial charge in [-0.15, -0.1) is 0 Å². The molecule has 0 spiro atoms. The standard InChI is InChI=1S/C17H25N3O4/c1-3-20(10-16(22)23)14-8-13(9-14)19-17(24)18-11(2)12-5-4-6-15(21)7-12/h4-7,11,13-14,21H,3,8-10H2,1-2H3,(H,22,23)(H2,18,19,24)/t11-,13?,14?/m1/s1. The smallest absolute Gasteiger partial charge is 0.317 e. The van der Waals surface area contributed by atoms with Gasteiger partial charge in [0.1, 0.15) is 5.75 Å². The number of aliphatic carboxylic acids is 1. The first kappa shape index (κ1) is 18.1. The molecule has 0 aliphatic heterocycles. The van der Waals surface area contributed by atoms with E-state index in [1.165, 1.54) is 0 Å². The average Bonchev–Trinajstić information content (AvgIpc) is 2.48. The normalized spacial score (nSPS) is 21.0. The number of likely N-dealkylation sites (N-methyl/N-ethyl adjacent to an activating group) is 1. The monoisotopic (exact) mass is 335 g/mol. The molecule has 1 aliphatic carbocycles. The highest BCUT2D eigenvalue weighted by atomic mass is 16.4. The first-order valence-corrected chi connectivity index (χ1v) is 8.20. The topological polar surface area (TPSA) is 102 Å². The largest absolute Gasteiger partial charge is 0.508 e. The number of hydrogen-bond donors (Lipinski definition) is 4. The van der Waals surface area contributed by atoms with Gasteiger partial charge in [0.15, 0.2) is 0 Å². The molecule has 1 aromatic rings. The summed E-state index contributed by atoms with van der Waals surface area (Å²) in [4.78, 5) is 24.8. The lowest BCUT2D eigenvalue weighted by molar-refractivity contribution is -0.139. The zero-order chi connectivity index (χ0) is 17.7. The molecule has 1 fully saturated rings. The van der Waals surface area contributed by atoms with Gasteiger partial charge in [-0.1, -0.05) is 19.1 Å². The van der Waals surface area contributed by atoms with Crippen molar-refractivity contribution in [2.75, 3.05) is 13.1 Å². The van der Waals surface area contributed by atoms with Crippen LogP contribution in [0.5, 0.6) is 5.75 Å². The summed E-state index contributed by atoms with van der Waals surface area (Å²) >= 11 is 0. The van der Waals surface area contributed by atoms with Crippen LogP contribution in [0.2, 0.25) is 0 Å². The summed E-state index contributed by atoms with van der Waals surface area (Å²) in [6.07, 6.45) is 1.52. The molecule has 0 heterocycles. The molecule has 24 heavy (non-hydrogen) atoms. The first-order chi connectivity index (χ1) is 11.4. The number of carboxylic acid groups (broad SMARTS) is 1. The minimum Gasteiger partial charge on any atom is -0.508 e. The summed E-state index contributed by atoms with van der Waals surface area (Å²) in [5, 5.41) is 24.1. The second-order valence-corrected chi connectivity index (χ2v) is 6.21. The lowest BCUT2D eigenvalue weighted by atomic mass is 9.85. The summed E-state index contributed by atoms with van der Waals surface area (Å²) in [5.41, 5.74) is 0.829. The van der Waals surface area contributed by atoms with Gasteiger partial charge >= 0.3 is 12.0 Å². The van der Waals surface area contributed by atoms with E-state index in [1.54, 1.807) is 18.2 Å². The molecule has 1 aliphatic rings. The van der Waals surface area contributed by atoms with Crippen molar-refractivity contribution < 1.29 is 19.8 Å². The summed E-state index contributed by atoms with van der Waals surface area (Å²) in [6.45, 7) is 4.51. The number of carbonyl (C=O) groups excluding carboxylic acids is 1. The van der Waals surface area contributed by atoms with Crippen LogP contribution in [-0.2, 0) is 4.79 Å². The molecule has 0 saturated heterocycles. The van der Waals surface area contributed by atoms with E-state index in [1.807, 2.05) is 24.8 Å². The third-order valence-electron chi connectivity index (χ3n) is 4.43. The quantitative estimate of drug-likeness (QED) is 0.607. The minimum absolute atomic E-state index is 0.0363. The van der Waals surface area contributed by atoms with Crippen molar-refractivity contribution in [2.45, 2.75) is 44.8 Å². The Hall–Kier alpha value is -2.28. The fourth-order valence-corrected chi connectivity index (χ4v) is 2.98. The molecule has 0 bridgehead atoms. The summed E-state index contributed by atoms with van der Waals surface area (Å²) < 4.78 is 0. The van der Waals surface area contributed by atoms with Crippen LogP contribution in [0.25, 0.3) is 0 Å². The highest BCUT2D eigenvalue weighted by Crippen LogP contribution is 2.25. The second kappa shape index (κ2) is 8.01. The van der Waals surface area contributed by atoms with Crippen molar-refractivity contribution in [3.05, 3.63) is 29.8 Å². The van der Waals surface area contributed by atoms with Gasteiger partial charge in [0.2, 0.25) is 0 Å². The third kappa shape index (κ3) is 4.86. The molecule has 7 heteroatoms. The number of rotatable bonds is 7. The number of phenols is 1. The van der Waals surface area contributed by atoms with Gasteiger partial charge < -0.3 is 20.8 Å². The Balaban J connectivity index is 1.75. The maximum Gasteiger partial charge on any atom is 0.317 e. The van der Waals surface area contributed by atoms with Crippen LogP contribution in [0.15, 0.2) is 24.3 Å². The van der Waals surface area contributed by atoms with E-state index in [0.29, 0.717) is 6.54 Å². The van der Waals surface area contributed by atoms with E-state index in [4.69, 9.17) is 5.11 Å². The molecular weight excluding hydrogens is 310 g/mol. The molecule has 132 valence electrons. The first-order valence-electron chi connectivity index (χ1n) is 8.20. The van der Waals surface area contributed by atoms with E-state index >= 15 is 0 Å². The zero-order valence-electron chi connectivity index (χ0n) is 14.0. The molecule has 0 radical (unpaired) electrons. The van der Waals surface area contributed by atoms with Crippen molar-refractivity contribution in [3.63, 3.8) is 0 Å². The van der Waals surface area contributed by atoms with Crippen molar-refractivity contribution in [2.24, 2.45) is 0 Å². The van der Waals surface area contributed by atoms with Crippen LogP contribution < -0.4 is 10.6 Å². The molecule has 2 amide bonds. The molecule has 1 aromatic carbocycles. The Morgan fingerprint density at radius 3 is 2.67 bits per heavy atom. The van der Waals surface area contributed by atoms with Crippen LogP contribution in [0.4, 0.5) is 4.79 Å². The van der Waals surface area contributed by atoms with Crippen LogP contribution >= 0.6 is 0 Å². The van der Waals surface area contributed by atoms with Crippen LogP contribution in [0, 0.1) is 0 Å². The number of nitrogens with one attached hydrogen (secondary N) is 2. The zero-order valence-corrected chi connectivity index (χ0v) is 14.0. The molecule has 1 saturated carbocycles. The van der Waals surface area contributed by atoms with Gasteiger partial charge in [0.25, 0.3) is 0 Å². The Kier molecular flexibility index (Phi) is 6.03. The predicted octanol–water partition coefficient (Wildman–Crippen LogP) is 1.69. The van der Waals surface area contributed by atoms with E-state index in [2.05, 4.69) is 10.6 Å². The Bertz CT molecular complexity index is 587. The molecule has 2 rings (SSSR count). The van der Waals surface area contributed by atoms with Crippen LogP contribution in [0.3, 0.4) is 0 Å². The van der Waals surface area contributed by atoms with E-state index in [9.17, 15) is 14.7 Å². The molecular formula is C17H25N3O4. The van der Waals surface area contributed by atoms with E-state index < -0.39 is 5.97 Å². The fourth-order valence-electron chi connectivity index (χ4n) is 2.98. The number of carbonyl (C=O) groups is 2. The number of amides is 2. The highest BCUT2D eigenvalue weighted by Gasteiger charge is 2.34. The highest BCUT2D eigenvalue weighted by molar-refractivity contribution is 5.75. The molecule has 0 aromatic heterocycles. The maximum absolute atomic E-state index is 12.0. The van der Waals surface area contributed by atoms with Gasteiger partial charge in [0, 0.05) is 12.1 Å². The Morgan fingerprint density at radius 2 is 2.08 bits per heavy atom. The summed E-state index contributed by atoms with van der Waals surface area (Å²) in [7, 11) is 0. The molecule has 0 unspecified atom stereocenters. The molecule has 4 N–H and O–H groups in total. The van der Waals surface area contributed by atoms with Crippen molar-refractivity contribution in [1.29, 1.82) is 0 Å². The van der Waals surface area contributed by atoms with Crippen LogP contribution in [-0.4, -0.2) is 52.3 Å². The summed E-state index contributed by atoms with van der Waals surface area (Å²) in [5.74, 6) is -0.660. The van der Waals surface area contributed by atoms with Gasteiger partial charge in [-0.3, -0.25) is 9.69 Å². The number of hydrogen-bond acceptors (Lipinski definition) is 4. The third-order valence-corrected chi connectivity index (χ3v) is 4.43. The number of carboxylic acids is 1. The molecule has 7 nitrogen and oxygen atoms in total. The van der Waals surface area contributed by atoms with E-state index in [-0.39, 0.29) is 36.5 Å². The minimum atomic E-state index is -0.828. The number of benzene rings is 1. The van der Waals surface area contributed by atoms with Gasteiger partial charge in [-0.05, 0) is 44.0 Å². The van der Waals surface area contributed by atoms with Gasteiger partial charge in [-0.25, -0.2) is 4.79 Å². The number of urea groups is 1. The predicted molar refractivity (Wildman–Crippen MR) is 89.9 cm³/mol. The van der Waals surface area contributed by atoms with Gasteiger partial charge in [0.05, 0.1) is 12.6 Å². The number of phenolic OH excluding ortho intramolecular Hbond substituents is 1. The maximum atomic E-state index is 12.0. The van der Waals surface area contributed by atoms with Gasteiger partial charge in [-0.2, -0.15) is 0 Å². The number of aromatic hydroxyl groups is 1. The summed E-state index contributed by atoms with van der Waals surface area (Å²) in [6, 6.07) is 6.59.